The highest BCUT2D eigenvalue weighted by atomic mass is 19.1. The van der Waals surface area contributed by atoms with Gasteiger partial charge in [-0.1, -0.05) is 6.07 Å². The van der Waals surface area contributed by atoms with Crippen LogP contribution in [0.2, 0.25) is 0 Å². The van der Waals surface area contributed by atoms with Gasteiger partial charge < -0.3 is 4.42 Å². The molecule has 3 aromatic rings. The summed E-state index contributed by atoms with van der Waals surface area (Å²) < 4.78 is 31.7. The number of hydrogen-bond acceptors (Lipinski definition) is 2. The Bertz CT molecular complexity index is 729. The number of benzene rings is 2. The van der Waals surface area contributed by atoms with Crippen LogP contribution in [0, 0.1) is 18.6 Å². The van der Waals surface area contributed by atoms with Gasteiger partial charge in [0.15, 0.2) is 11.5 Å². The number of aryl methyl sites for hydroxylation is 1. The maximum Gasteiger partial charge on any atom is 0.199 e. The van der Waals surface area contributed by atoms with Crippen molar-refractivity contribution in [3.05, 3.63) is 65.1 Å². The van der Waals surface area contributed by atoms with Crippen molar-refractivity contribution >= 4 is 11.1 Å². The fraction of sp³-hybridized carbons (Fsp3) is 0.133. The second-order valence-electron chi connectivity index (χ2n) is 4.53. The molecule has 3 rings (SSSR count). The Morgan fingerprint density at radius 1 is 1.05 bits per heavy atom. The second-order valence-corrected chi connectivity index (χ2v) is 4.53. The van der Waals surface area contributed by atoms with E-state index in [0.717, 1.165) is 17.1 Å². The van der Waals surface area contributed by atoms with Crippen LogP contribution in [0.15, 0.2) is 40.8 Å². The summed E-state index contributed by atoms with van der Waals surface area (Å²) in [5.41, 5.74) is 3.02. The van der Waals surface area contributed by atoms with Crippen LogP contribution in [0.25, 0.3) is 11.1 Å². The number of hydrogen-bond donors (Lipinski definition) is 0. The standard InChI is InChI=1S/C15H11F2NO/c1-9-2-3-14-13(4-9)18-15(19-14)7-10-5-11(16)8-12(17)6-10/h2-6,8H,7H2,1H3. The van der Waals surface area contributed by atoms with Gasteiger partial charge in [-0.15, -0.1) is 0 Å². The quantitative estimate of drug-likeness (QED) is 0.695. The molecule has 0 amide bonds. The Balaban J connectivity index is 1.96. The van der Waals surface area contributed by atoms with Crippen LogP contribution < -0.4 is 0 Å². The fourth-order valence-corrected chi connectivity index (χ4v) is 2.05. The molecule has 0 aliphatic rings. The normalized spacial score (nSPS) is 11.1. The average molecular weight is 259 g/mol. The maximum atomic E-state index is 13.1. The number of rotatable bonds is 2. The lowest BCUT2D eigenvalue weighted by Gasteiger charge is -1.98. The molecule has 0 bridgehead atoms. The summed E-state index contributed by atoms with van der Waals surface area (Å²) in [4.78, 5) is 4.32. The van der Waals surface area contributed by atoms with Crippen LogP contribution in [-0.2, 0) is 6.42 Å². The van der Waals surface area contributed by atoms with Crippen LogP contribution >= 0.6 is 0 Å². The molecule has 4 heteroatoms. The highest BCUT2D eigenvalue weighted by Crippen LogP contribution is 2.19. The molecule has 0 N–H and O–H groups in total. The number of halogens is 2. The van der Waals surface area contributed by atoms with Crippen LogP contribution in [0.3, 0.4) is 0 Å². The summed E-state index contributed by atoms with van der Waals surface area (Å²) in [6.07, 6.45) is 0.266. The SMILES string of the molecule is Cc1ccc2oc(Cc3cc(F)cc(F)c3)nc2c1. The summed E-state index contributed by atoms with van der Waals surface area (Å²) >= 11 is 0. The lowest BCUT2D eigenvalue weighted by atomic mass is 10.1. The van der Waals surface area contributed by atoms with Crippen LogP contribution in [0.4, 0.5) is 8.78 Å². The Morgan fingerprint density at radius 2 is 1.79 bits per heavy atom. The molecule has 2 aromatic carbocycles. The number of oxazole rings is 1. The van der Waals surface area contributed by atoms with E-state index in [1.165, 1.54) is 12.1 Å². The monoisotopic (exact) mass is 259 g/mol. The molecule has 0 aliphatic heterocycles. The zero-order chi connectivity index (χ0) is 13.4. The van der Waals surface area contributed by atoms with E-state index in [1.54, 1.807) is 0 Å². The lowest BCUT2D eigenvalue weighted by molar-refractivity contribution is 0.540. The Morgan fingerprint density at radius 3 is 2.53 bits per heavy atom. The third-order valence-corrected chi connectivity index (χ3v) is 2.87. The second kappa shape index (κ2) is 4.46. The van der Waals surface area contributed by atoms with Crippen molar-refractivity contribution in [1.82, 2.24) is 4.98 Å². The van der Waals surface area contributed by atoms with Gasteiger partial charge in [0.1, 0.15) is 17.2 Å². The van der Waals surface area contributed by atoms with E-state index in [0.29, 0.717) is 17.0 Å². The van der Waals surface area contributed by atoms with Crippen molar-refractivity contribution < 1.29 is 13.2 Å². The van der Waals surface area contributed by atoms with Crippen molar-refractivity contribution in [1.29, 1.82) is 0 Å². The molecular formula is C15H11F2NO. The van der Waals surface area contributed by atoms with E-state index in [-0.39, 0.29) is 6.42 Å². The van der Waals surface area contributed by atoms with E-state index >= 15 is 0 Å². The van der Waals surface area contributed by atoms with Crippen LogP contribution in [0.5, 0.6) is 0 Å². The topological polar surface area (TPSA) is 26.0 Å². The summed E-state index contributed by atoms with van der Waals surface area (Å²) in [5.74, 6) is -0.741. The van der Waals surface area contributed by atoms with Crippen LogP contribution in [-0.4, -0.2) is 4.98 Å². The number of aromatic nitrogens is 1. The maximum absolute atomic E-state index is 13.1. The van der Waals surface area contributed by atoms with Gasteiger partial charge in [0, 0.05) is 12.5 Å². The van der Waals surface area contributed by atoms with E-state index in [4.69, 9.17) is 4.42 Å². The minimum atomic E-state index is -0.595. The molecule has 96 valence electrons. The molecule has 1 heterocycles. The summed E-state index contributed by atoms with van der Waals surface area (Å²) in [6, 6.07) is 9.09. The van der Waals surface area contributed by atoms with E-state index in [2.05, 4.69) is 4.98 Å². The number of nitrogens with zero attached hydrogens (tertiary/aromatic N) is 1. The minimum Gasteiger partial charge on any atom is -0.440 e. The highest BCUT2D eigenvalue weighted by Gasteiger charge is 2.08. The zero-order valence-electron chi connectivity index (χ0n) is 10.3. The van der Waals surface area contributed by atoms with Crippen molar-refractivity contribution in [2.45, 2.75) is 13.3 Å². The summed E-state index contributed by atoms with van der Waals surface area (Å²) in [7, 11) is 0. The first-order valence-corrected chi connectivity index (χ1v) is 5.91. The van der Waals surface area contributed by atoms with Crippen molar-refractivity contribution in [2.24, 2.45) is 0 Å². The molecule has 0 radical (unpaired) electrons. The van der Waals surface area contributed by atoms with Gasteiger partial charge in [-0.25, -0.2) is 13.8 Å². The van der Waals surface area contributed by atoms with E-state index in [1.807, 2.05) is 25.1 Å². The fourth-order valence-electron chi connectivity index (χ4n) is 2.05. The molecule has 2 nitrogen and oxygen atoms in total. The largest absolute Gasteiger partial charge is 0.440 e. The lowest BCUT2D eigenvalue weighted by Crippen LogP contribution is -1.91. The predicted molar refractivity (Wildman–Crippen MR) is 67.9 cm³/mol. The third-order valence-electron chi connectivity index (χ3n) is 2.87. The van der Waals surface area contributed by atoms with Crippen molar-refractivity contribution in [3.63, 3.8) is 0 Å². The number of fused-ring (bicyclic) bond motifs is 1. The van der Waals surface area contributed by atoms with Gasteiger partial charge in [0.2, 0.25) is 0 Å². The molecule has 0 atom stereocenters. The van der Waals surface area contributed by atoms with Crippen molar-refractivity contribution in [2.75, 3.05) is 0 Å². The highest BCUT2D eigenvalue weighted by molar-refractivity contribution is 5.73. The first-order chi connectivity index (χ1) is 9.10. The van der Waals surface area contributed by atoms with Gasteiger partial charge >= 0.3 is 0 Å². The smallest absolute Gasteiger partial charge is 0.199 e. The Labute approximate surface area is 108 Å². The average Bonchev–Trinajstić information content (AvgIpc) is 2.68. The van der Waals surface area contributed by atoms with Crippen LogP contribution in [0.1, 0.15) is 17.0 Å². The molecular weight excluding hydrogens is 248 g/mol. The molecule has 19 heavy (non-hydrogen) atoms. The summed E-state index contributed by atoms with van der Waals surface area (Å²) in [5, 5.41) is 0. The van der Waals surface area contributed by atoms with Gasteiger partial charge in [-0.3, -0.25) is 0 Å². The minimum absolute atomic E-state index is 0.266. The first-order valence-electron chi connectivity index (χ1n) is 5.91. The Kier molecular flexibility index (Phi) is 2.78. The van der Waals surface area contributed by atoms with Gasteiger partial charge in [0.25, 0.3) is 0 Å². The van der Waals surface area contributed by atoms with E-state index < -0.39 is 11.6 Å². The molecule has 1 aromatic heterocycles. The molecule has 0 aliphatic carbocycles. The van der Waals surface area contributed by atoms with E-state index in [9.17, 15) is 8.78 Å². The zero-order valence-corrected chi connectivity index (χ0v) is 10.3. The molecule has 0 unspecified atom stereocenters. The summed E-state index contributed by atoms with van der Waals surface area (Å²) in [6.45, 7) is 1.97. The molecule has 0 spiro atoms. The molecule has 0 saturated heterocycles. The van der Waals surface area contributed by atoms with Gasteiger partial charge in [-0.05, 0) is 42.3 Å². The predicted octanol–water partition coefficient (Wildman–Crippen LogP) is 4.01. The van der Waals surface area contributed by atoms with Crippen molar-refractivity contribution in [3.8, 4) is 0 Å². The molecule has 0 fully saturated rings. The van der Waals surface area contributed by atoms with Gasteiger partial charge in [-0.2, -0.15) is 0 Å². The Hall–Kier alpha value is -2.23. The first kappa shape index (κ1) is 11.8. The van der Waals surface area contributed by atoms with Gasteiger partial charge in [0.05, 0.1) is 0 Å². The third kappa shape index (κ3) is 2.47. The molecule has 0 saturated carbocycles.